The Kier molecular flexibility index (Phi) is 6.05. The van der Waals surface area contributed by atoms with Gasteiger partial charge in [0.1, 0.15) is 5.82 Å². The molecule has 0 bridgehead atoms. The van der Waals surface area contributed by atoms with Gasteiger partial charge in [0, 0.05) is 44.5 Å². The molecular weight excluding hydrogens is 374 g/mol. The average molecular weight is 402 g/mol. The van der Waals surface area contributed by atoms with Crippen LogP contribution in [0, 0.1) is 6.92 Å². The highest BCUT2D eigenvalue weighted by molar-refractivity contribution is 5.95. The first-order valence-electron chi connectivity index (χ1n) is 10.3. The van der Waals surface area contributed by atoms with Gasteiger partial charge >= 0.3 is 0 Å². The molecule has 0 saturated carbocycles. The number of aryl methyl sites for hydroxylation is 1. The van der Waals surface area contributed by atoms with E-state index in [-0.39, 0.29) is 5.91 Å². The van der Waals surface area contributed by atoms with E-state index in [1.807, 2.05) is 67.7 Å². The predicted molar refractivity (Wildman–Crippen MR) is 120 cm³/mol. The van der Waals surface area contributed by atoms with Gasteiger partial charge < -0.3 is 15.1 Å². The molecule has 3 heterocycles. The second kappa shape index (κ2) is 9.05. The second-order valence-electron chi connectivity index (χ2n) is 7.69. The maximum Gasteiger partial charge on any atom is 0.253 e. The van der Waals surface area contributed by atoms with Crippen LogP contribution in [0.4, 0.5) is 5.82 Å². The van der Waals surface area contributed by atoms with Crippen LogP contribution < -0.4 is 10.2 Å². The maximum atomic E-state index is 12.6. The minimum Gasteiger partial charge on any atom is -0.354 e. The van der Waals surface area contributed by atoms with Gasteiger partial charge in [-0.2, -0.15) is 0 Å². The number of hydrogen-bond acceptors (Lipinski definition) is 5. The van der Waals surface area contributed by atoms with Gasteiger partial charge in [0.15, 0.2) is 0 Å². The number of aromatic nitrogens is 2. The summed E-state index contributed by atoms with van der Waals surface area (Å²) in [6.45, 7) is 6.39. The number of amides is 1. The van der Waals surface area contributed by atoms with Crippen LogP contribution in [-0.2, 0) is 6.54 Å². The summed E-state index contributed by atoms with van der Waals surface area (Å²) >= 11 is 0. The molecule has 0 atom stereocenters. The Morgan fingerprint density at radius 1 is 1.00 bits per heavy atom. The van der Waals surface area contributed by atoms with E-state index in [0.717, 1.165) is 54.5 Å². The molecule has 0 aliphatic carbocycles. The minimum absolute atomic E-state index is 0.122. The number of nitrogens with zero attached hydrogens (tertiary/aromatic N) is 4. The van der Waals surface area contributed by atoms with Crippen LogP contribution in [0.25, 0.3) is 11.3 Å². The van der Waals surface area contributed by atoms with E-state index in [0.29, 0.717) is 12.1 Å². The summed E-state index contributed by atoms with van der Waals surface area (Å²) < 4.78 is 0. The van der Waals surface area contributed by atoms with Crippen LogP contribution in [0.15, 0.2) is 60.8 Å². The molecule has 2 aromatic heterocycles. The van der Waals surface area contributed by atoms with Crippen molar-refractivity contribution >= 4 is 11.7 Å². The Morgan fingerprint density at radius 3 is 2.43 bits per heavy atom. The fourth-order valence-electron chi connectivity index (χ4n) is 3.59. The van der Waals surface area contributed by atoms with E-state index in [9.17, 15) is 4.79 Å². The molecular formula is C24H27N5O. The largest absolute Gasteiger partial charge is 0.354 e. The topological polar surface area (TPSA) is 61.4 Å². The highest BCUT2D eigenvalue weighted by atomic mass is 16.1. The number of rotatable bonds is 5. The fourth-order valence-corrected chi connectivity index (χ4v) is 3.59. The Labute approximate surface area is 177 Å². The highest BCUT2D eigenvalue weighted by Crippen LogP contribution is 2.19. The molecule has 1 aliphatic rings. The fraction of sp³-hybridized carbons (Fsp3) is 0.292. The van der Waals surface area contributed by atoms with E-state index >= 15 is 0 Å². The van der Waals surface area contributed by atoms with Crippen LogP contribution in [0.1, 0.15) is 21.6 Å². The lowest BCUT2D eigenvalue weighted by molar-refractivity contribution is 0.0950. The lowest BCUT2D eigenvalue weighted by atomic mass is 10.1. The third-order valence-electron chi connectivity index (χ3n) is 5.49. The van der Waals surface area contributed by atoms with E-state index < -0.39 is 0 Å². The molecule has 0 radical (unpaired) electrons. The summed E-state index contributed by atoms with van der Waals surface area (Å²) in [4.78, 5) is 26.5. The minimum atomic E-state index is -0.122. The Balaban J connectivity index is 1.36. The summed E-state index contributed by atoms with van der Waals surface area (Å²) in [5, 5.41) is 2.98. The Hall–Kier alpha value is -3.25. The lowest BCUT2D eigenvalue weighted by Crippen LogP contribution is -2.44. The summed E-state index contributed by atoms with van der Waals surface area (Å²) in [6, 6.07) is 17.8. The summed E-state index contributed by atoms with van der Waals surface area (Å²) in [5.74, 6) is 0.873. The Morgan fingerprint density at radius 2 is 1.77 bits per heavy atom. The van der Waals surface area contributed by atoms with Crippen LogP contribution in [0.2, 0.25) is 0 Å². The summed E-state index contributed by atoms with van der Waals surface area (Å²) in [7, 11) is 2.14. The number of anilines is 1. The summed E-state index contributed by atoms with van der Waals surface area (Å²) in [5.41, 5.74) is 4.20. The first-order chi connectivity index (χ1) is 14.6. The van der Waals surface area contributed by atoms with E-state index in [1.54, 1.807) is 0 Å². The molecule has 4 rings (SSSR count). The molecule has 1 fully saturated rings. The molecule has 30 heavy (non-hydrogen) atoms. The zero-order chi connectivity index (χ0) is 20.9. The molecule has 6 nitrogen and oxygen atoms in total. The highest BCUT2D eigenvalue weighted by Gasteiger charge is 2.15. The van der Waals surface area contributed by atoms with Gasteiger partial charge in [-0.05, 0) is 37.7 Å². The SMILES string of the molecule is Cc1nc(-c2ccccc2)ccc1C(=O)NCc1ccc(N2CCN(C)CC2)nc1. The van der Waals surface area contributed by atoms with Crippen molar-refractivity contribution in [2.45, 2.75) is 13.5 Å². The Bertz CT molecular complexity index is 996. The molecule has 3 aromatic rings. The van der Waals surface area contributed by atoms with Crippen molar-refractivity contribution in [3.8, 4) is 11.3 Å². The third kappa shape index (κ3) is 4.66. The number of benzene rings is 1. The number of pyridine rings is 2. The van der Waals surface area contributed by atoms with E-state index in [1.165, 1.54) is 0 Å². The molecule has 6 heteroatoms. The predicted octanol–water partition coefficient (Wildman–Crippen LogP) is 3.13. The number of carbonyl (C=O) groups excluding carboxylic acids is 1. The van der Waals surface area contributed by atoms with Gasteiger partial charge in [-0.25, -0.2) is 4.98 Å². The van der Waals surface area contributed by atoms with Crippen LogP contribution in [0.3, 0.4) is 0 Å². The van der Waals surface area contributed by atoms with Crippen LogP contribution in [0.5, 0.6) is 0 Å². The van der Waals surface area contributed by atoms with Crippen molar-refractivity contribution in [1.29, 1.82) is 0 Å². The van der Waals surface area contributed by atoms with Crippen LogP contribution in [-0.4, -0.2) is 54.0 Å². The van der Waals surface area contributed by atoms with Crippen molar-refractivity contribution in [2.75, 3.05) is 38.1 Å². The first kappa shape index (κ1) is 20.0. The maximum absolute atomic E-state index is 12.6. The van der Waals surface area contributed by atoms with Gasteiger partial charge in [0.2, 0.25) is 0 Å². The number of carbonyl (C=O) groups is 1. The monoisotopic (exact) mass is 401 g/mol. The number of likely N-dealkylation sites (N-methyl/N-ethyl adjacent to an activating group) is 1. The molecule has 1 N–H and O–H groups in total. The lowest BCUT2D eigenvalue weighted by Gasteiger charge is -2.33. The van der Waals surface area contributed by atoms with Crippen molar-refractivity contribution in [2.24, 2.45) is 0 Å². The molecule has 1 saturated heterocycles. The average Bonchev–Trinajstić information content (AvgIpc) is 2.79. The first-order valence-corrected chi connectivity index (χ1v) is 10.3. The van der Waals surface area contributed by atoms with Gasteiger partial charge in [0.05, 0.1) is 17.0 Å². The van der Waals surface area contributed by atoms with Crippen molar-refractivity contribution < 1.29 is 4.79 Å². The molecule has 1 amide bonds. The smallest absolute Gasteiger partial charge is 0.253 e. The molecule has 1 aromatic carbocycles. The molecule has 1 aliphatic heterocycles. The van der Waals surface area contributed by atoms with Gasteiger partial charge in [-0.3, -0.25) is 9.78 Å². The normalized spacial score (nSPS) is 14.5. The van der Waals surface area contributed by atoms with Gasteiger partial charge in [-0.15, -0.1) is 0 Å². The van der Waals surface area contributed by atoms with Gasteiger partial charge in [0.25, 0.3) is 5.91 Å². The number of piperazine rings is 1. The summed E-state index contributed by atoms with van der Waals surface area (Å²) in [6.07, 6.45) is 1.84. The second-order valence-corrected chi connectivity index (χ2v) is 7.69. The molecule has 0 unspecified atom stereocenters. The van der Waals surface area contributed by atoms with E-state index in [4.69, 9.17) is 0 Å². The molecule has 0 spiro atoms. The van der Waals surface area contributed by atoms with Crippen molar-refractivity contribution in [3.05, 3.63) is 77.6 Å². The van der Waals surface area contributed by atoms with Crippen LogP contribution >= 0.6 is 0 Å². The number of hydrogen-bond donors (Lipinski definition) is 1. The van der Waals surface area contributed by atoms with E-state index in [2.05, 4.69) is 32.1 Å². The quantitative estimate of drug-likeness (QED) is 0.712. The zero-order valence-corrected chi connectivity index (χ0v) is 17.5. The molecule has 154 valence electrons. The zero-order valence-electron chi connectivity index (χ0n) is 17.5. The van der Waals surface area contributed by atoms with Crippen molar-refractivity contribution in [3.63, 3.8) is 0 Å². The number of nitrogens with one attached hydrogen (secondary N) is 1. The standard InChI is InChI=1S/C24H27N5O/c1-18-21(9-10-22(27-18)20-6-4-3-5-7-20)24(30)26-17-19-8-11-23(25-16-19)29-14-12-28(2)13-15-29/h3-11,16H,12-15,17H2,1-2H3,(H,26,30). The van der Waals surface area contributed by atoms with Crippen molar-refractivity contribution in [1.82, 2.24) is 20.2 Å². The van der Waals surface area contributed by atoms with Gasteiger partial charge in [-0.1, -0.05) is 36.4 Å². The third-order valence-corrected chi connectivity index (χ3v) is 5.49.